The summed E-state index contributed by atoms with van der Waals surface area (Å²) in [6.45, 7) is 14.0. The summed E-state index contributed by atoms with van der Waals surface area (Å²) in [6.07, 6.45) is 3.40. The largest absolute Gasteiger partial charge is 0.481 e. The molecule has 0 saturated heterocycles. The van der Waals surface area contributed by atoms with Crippen molar-refractivity contribution in [2.24, 2.45) is 5.92 Å². The molecule has 2 unspecified atom stereocenters. The molecule has 1 heterocycles. The summed E-state index contributed by atoms with van der Waals surface area (Å²) >= 11 is 0. The van der Waals surface area contributed by atoms with Crippen molar-refractivity contribution in [3.05, 3.63) is 29.6 Å². The zero-order valence-corrected chi connectivity index (χ0v) is 14.1. The highest BCUT2D eigenvalue weighted by molar-refractivity contribution is 5.69. The number of nitrogens with zero attached hydrogens (tertiary/aromatic N) is 1. The van der Waals surface area contributed by atoms with Gasteiger partial charge in [-0.25, -0.2) is 0 Å². The molecule has 0 fully saturated rings. The average molecular weight is 281 g/mol. The SMILES string of the molecule is CC.CC.CCC(C)c1ccc(CC(C)C(=O)O)cn1. The van der Waals surface area contributed by atoms with Gasteiger partial charge in [0.05, 0.1) is 5.92 Å². The van der Waals surface area contributed by atoms with Gasteiger partial charge in [-0.3, -0.25) is 9.78 Å². The lowest BCUT2D eigenvalue weighted by Crippen LogP contribution is -2.12. The Bertz CT molecular complexity index is 347. The van der Waals surface area contributed by atoms with Gasteiger partial charge >= 0.3 is 5.97 Å². The molecule has 0 bridgehead atoms. The predicted octanol–water partition coefficient (Wildman–Crippen LogP) is 4.91. The van der Waals surface area contributed by atoms with E-state index in [0.29, 0.717) is 12.3 Å². The van der Waals surface area contributed by atoms with Crippen molar-refractivity contribution in [3.8, 4) is 0 Å². The van der Waals surface area contributed by atoms with E-state index >= 15 is 0 Å². The maximum atomic E-state index is 10.7. The van der Waals surface area contributed by atoms with Crippen LogP contribution in [-0.2, 0) is 11.2 Å². The van der Waals surface area contributed by atoms with Crippen molar-refractivity contribution in [1.82, 2.24) is 4.98 Å². The standard InChI is InChI=1S/C13H19NO2.2C2H6/c1-4-9(2)12-6-5-11(8-14-12)7-10(3)13(15)16;2*1-2/h5-6,8-10H,4,7H2,1-3H3,(H,15,16);2*1-2H3. The second kappa shape index (κ2) is 12.6. The van der Waals surface area contributed by atoms with Crippen molar-refractivity contribution < 1.29 is 9.90 Å². The molecule has 3 nitrogen and oxygen atoms in total. The first-order chi connectivity index (χ1) is 9.54. The number of hydrogen-bond acceptors (Lipinski definition) is 2. The zero-order valence-electron chi connectivity index (χ0n) is 14.1. The molecule has 0 saturated carbocycles. The summed E-state index contributed by atoms with van der Waals surface area (Å²) in [7, 11) is 0. The van der Waals surface area contributed by atoms with Gasteiger partial charge in [-0.15, -0.1) is 0 Å². The van der Waals surface area contributed by atoms with Crippen LogP contribution < -0.4 is 0 Å². The summed E-state index contributed by atoms with van der Waals surface area (Å²) < 4.78 is 0. The van der Waals surface area contributed by atoms with E-state index < -0.39 is 5.97 Å². The number of carbonyl (C=O) groups is 1. The summed E-state index contributed by atoms with van der Waals surface area (Å²) in [4.78, 5) is 15.1. The molecule has 0 radical (unpaired) electrons. The van der Waals surface area contributed by atoms with Crippen LogP contribution in [0.3, 0.4) is 0 Å². The van der Waals surface area contributed by atoms with E-state index in [1.54, 1.807) is 13.1 Å². The Kier molecular flexibility index (Phi) is 13.2. The fourth-order valence-corrected chi connectivity index (χ4v) is 1.50. The third-order valence-corrected chi connectivity index (χ3v) is 2.93. The van der Waals surface area contributed by atoms with E-state index in [0.717, 1.165) is 17.7 Å². The number of hydrogen-bond donors (Lipinski definition) is 1. The van der Waals surface area contributed by atoms with Crippen molar-refractivity contribution >= 4 is 5.97 Å². The molecule has 20 heavy (non-hydrogen) atoms. The number of pyridine rings is 1. The highest BCUT2D eigenvalue weighted by Gasteiger charge is 2.12. The molecular formula is C17H31NO2. The topological polar surface area (TPSA) is 50.2 Å². The summed E-state index contributed by atoms with van der Waals surface area (Å²) in [6, 6.07) is 3.98. The number of carboxylic acid groups (broad SMARTS) is 1. The first-order valence-corrected chi connectivity index (χ1v) is 7.72. The van der Waals surface area contributed by atoms with E-state index in [1.807, 2.05) is 39.8 Å². The Labute approximate surface area is 124 Å². The monoisotopic (exact) mass is 281 g/mol. The lowest BCUT2D eigenvalue weighted by atomic mass is 10.0. The molecule has 2 atom stereocenters. The van der Waals surface area contributed by atoms with Crippen molar-refractivity contribution in [3.63, 3.8) is 0 Å². The normalized spacial score (nSPS) is 12.2. The van der Waals surface area contributed by atoms with Crippen molar-refractivity contribution in [2.45, 2.75) is 67.2 Å². The summed E-state index contributed by atoms with van der Waals surface area (Å²) in [5.74, 6) is -0.645. The van der Waals surface area contributed by atoms with Gasteiger partial charge in [0.15, 0.2) is 0 Å². The first-order valence-electron chi connectivity index (χ1n) is 7.72. The Morgan fingerprint density at radius 3 is 2.10 bits per heavy atom. The predicted molar refractivity (Wildman–Crippen MR) is 86.1 cm³/mol. The van der Waals surface area contributed by atoms with Crippen molar-refractivity contribution in [1.29, 1.82) is 0 Å². The van der Waals surface area contributed by atoms with Gasteiger partial charge in [0.25, 0.3) is 0 Å². The van der Waals surface area contributed by atoms with Crippen LogP contribution in [0.15, 0.2) is 18.3 Å². The Morgan fingerprint density at radius 2 is 1.75 bits per heavy atom. The van der Waals surface area contributed by atoms with Crippen LogP contribution in [0.2, 0.25) is 0 Å². The highest BCUT2D eigenvalue weighted by atomic mass is 16.4. The highest BCUT2D eigenvalue weighted by Crippen LogP contribution is 2.17. The lowest BCUT2D eigenvalue weighted by Gasteiger charge is -2.09. The molecule has 0 amide bonds. The fourth-order valence-electron chi connectivity index (χ4n) is 1.50. The van der Waals surface area contributed by atoms with Gasteiger partial charge in [-0.1, -0.05) is 54.5 Å². The van der Waals surface area contributed by atoms with Crippen LogP contribution >= 0.6 is 0 Å². The van der Waals surface area contributed by atoms with Gasteiger partial charge in [0.1, 0.15) is 0 Å². The van der Waals surface area contributed by atoms with Crippen LogP contribution in [0.25, 0.3) is 0 Å². The summed E-state index contributed by atoms with van der Waals surface area (Å²) in [5.41, 5.74) is 2.07. The Balaban J connectivity index is 0. The molecule has 1 rings (SSSR count). The molecule has 0 aliphatic rings. The van der Waals surface area contributed by atoms with E-state index in [9.17, 15) is 4.79 Å². The van der Waals surface area contributed by atoms with Gasteiger partial charge < -0.3 is 5.11 Å². The minimum Gasteiger partial charge on any atom is -0.481 e. The maximum absolute atomic E-state index is 10.7. The van der Waals surface area contributed by atoms with E-state index in [-0.39, 0.29) is 5.92 Å². The fraction of sp³-hybridized carbons (Fsp3) is 0.647. The molecule has 3 heteroatoms. The quantitative estimate of drug-likeness (QED) is 0.834. The van der Waals surface area contributed by atoms with E-state index in [2.05, 4.69) is 18.8 Å². The van der Waals surface area contributed by atoms with Crippen molar-refractivity contribution in [2.75, 3.05) is 0 Å². The van der Waals surface area contributed by atoms with Crippen LogP contribution in [0.4, 0.5) is 0 Å². The van der Waals surface area contributed by atoms with Crippen LogP contribution in [0.5, 0.6) is 0 Å². The second-order valence-corrected chi connectivity index (χ2v) is 4.34. The molecular weight excluding hydrogens is 250 g/mol. The van der Waals surface area contributed by atoms with E-state index in [1.165, 1.54) is 0 Å². The number of rotatable bonds is 5. The first kappa shape index (κ1) is 20.9. The molecule has 1 N–H and O–H groups in total. The third-order valence-electron chi connectivity index (χ3n) is 2.93. The van der Waals surface area contributed by atoms with E-state index in [4.69, 9.17) is 5.11 Å². The van der Waals surface area contributed by atoms with Gasteiger partial charge in [-0.2, -0.15) is 0 Å². The van der Waals surface area contributed by atoms with Gasteiger partial charge in [0, 0.05) is 11.9 Å². The van der Waals surface area contributed by atoms with Crippen LogP contribution in [0.1, 0.15) is 72.1 Å². The van der Waals surface area contributed by atoms with Crippen LogP contribution in [-0.4, -0.2) is 16.1 Å². The molecule has 0 aliphatic heterocycles. The smallest absolute Gasteiger partial charge is 0.306 e. The van der Waals surface area contributed by atoms with Crippen LogP contribution in [0, 0.1) is 5.92 Å². The third kappa shape index (κ3) is 7.93. The number of carboxylic acids is 1. The zero-order chi connectivity index (χ0) is 16.1. The van der Waals surface area contributed by atoms with Gasteiger partial charge in [0.2, 0.25) is 0 Å². The summed E-state index contributed by atoms with van der Waals surface area (Å²) in [5, 5.41) is 8.80. The molecule has 0 spiro atoms. The molecule has 0 aromatic carbocycles. The Morgan fingerprint density at radius 1 is 1.20 bits per heavy atom. The number of aromatic nitrogens is 1. The second-order valence-electron chi connectivity index (χ2n) is 4.34. The molecule has 1 aromatic rings. The minimum atomic E-state index is -0.758. The molecule has 0 aliphatic carbocycles. The number of aliphatic carboxylic acids is 1. The lowest BCUT2D eigenvalue weighted by molar-refractivity contribution is -0.141. The Hall–Kier alpha value is -1.38. The van der Waals surface area contributed by atoms with Gasteiger partial charge in [-0.05, 0) is 30.4 Å². The average Bonchev–Trinajstić information content (AvgIpc) is 2.51. The minimum absolute atomic E-state index is 0.351. The maximum Gasteiger partial charge on any atom is 0.306 e. The molecule has 1 aromatic heterocycles. The molecule has 116 valence electrons.